The molecule has 4 heteroatoms. The number of carbonyl (C=O) groups excluding carboxylic acids is 1. The monoisotopic (exact) mass is 283 g/mol. The molecule has 1 amide bonds. The predicted octanol–water partition coefficient (Wildman–Crippen LogP) is 2.25. The van der Waals surface area contributed by atoms with E-state index in [2.05, 4.69) is 17.3 Å². The van der Waals surface area contributed by atoms with Crippen LogP contribution in [0.3, 0.4) is 0 Å². The van der Waals surface area contributed by atoms with E-state index in [-0.39, 0.29) is 5.91 Å². The smallest absolute Gasteiger partial charge is 0.253 e. The fourth-order valence-electron chi connectivity index (χ4n) is 2.59. The van der Waals surface area contributed by atoms with Gasteiger partial charge in [0.15, 0.2) is 0 Å². The van der Waals surface area contributed by atoms with E-state index in [9.17, 15) is 4.79 Å². The maximum atomic E-state index is 12.3. The molecule has 21 heavy (non-hydrogen) atoms. The summed E-state index contributed by atoms with van der Waals surface area (Å²) in [5.41, 5.74) is 7.09. The van der Waals surface area contributed by atoms with Crippen LogP contribution >= 0.6 is 0 Å². The lowest BCUT2D eigenvalue weighted by molar-refractivity contribution is 0.0950. The average molecular weight is 283 g/mol. The first-order chi connectivity index (χ1) is 10.1. The molecule has 0 saturated heterocycles. The predicted molar refractivity (Wildman–Crippen MR) is 86.3 cm³/mol. The minimum atomic E-state index is -0.0950. The Bertz CT molecular complexity index is 664. The summed E-state index contributed by atoms with van der Waals surface area (Å²) in [6.45, 7) is 1.53. The number of nitrogen functional groups attached to an aromatic ring is 1. The van der Waals surface area contributed by atoms with E-state index >= 15 is 0 Å². The van der Waals surface area contributed by atoms with E-state index in [0.29, 0.717) is 23.8 Å². The van der Waals surface area contributed by atoms with Gasteiger partial charge in [0, 0.05) is 24.8 Å². The number of nitrogens with one attached hydrogen (secondary N) is 1. The van der Waals surface area contributed by atoms with Crippen LogP contribution in [0, 0.1) is 0 Å². The molecule has 0 atom stereocenters. The Balaban J connectivity index is 1.67. The number of nitrogens with zero attached hydrogens (tertiary/aromatic N) is 1. The third-order valence-electron chi connectivity index (χ3n) is 4.08. The molecule has 1 saturated carbocycles. The van der Waals surface area contributed by atoms with E-state index < -0.39 is 0 Å². The summed E-state index contributed by atoms with van der Waals surface area (Å²) in [4.78, 5) is 14.6. The first-order valence-corrected chi connectivity index (χ1v) is 7.42. The lowest BCUT2D eigenvalue weighted by atomic mass is 10.0. The van der Waals surface area contributed by atoms with Crippen molar-refractivity contribution in [3.63, 3.8) is 0 Å². The van der Waals surface area contributed by atoms with Gasteiger partial charge in [0.2, 0.25) is 0 Å². The van der Waals surface area contributed by atoms with Gasteiger partial charge in [-0.05, 0) is 42.8 Å². The van der Waals surface area contributed by atoms with Crippen LogP contribution in [0.25, 0.3) is 10.8 Å². The van der Waals surface area contributed by atoms with Gasteiger partial charge in [0.25, 0.3) is 5.91 Å². The van der Waals surface area contributed by atoms with E-state index in [1.165, 1.54) is 12.8 Å². The van der Waals surface area contributed by atoms with Crippen LogP contribution in [0.15, 0.2) is 36.4 Å². The highest BCUT2D eigenvalue weighted by atomic mass is 16.1. The van der Waals surface area contributed by atoms with Crippen molar-refractivity contribution in [1.29, 1.82) is 0 Å². The molecular weight excluding hydrogens is 262 g/mol. The third kappa shape index (κ3) is 3.16. The summed E-state index contributed by atoms with van der Waals surface area (Å²) in [6.07, 6.45) is 2.56. The highest BCUT2D eigenvalue weighted by molar-refractivity contribution is 6.03. The van der Waals surface area contributed by atoms with Gasteiger partial charge in [-0.15, -0.1) is 0 Å². The molecule has 0 unspecified atom stereocenters. The second-order valence-electron chi connectivity index (χ2n) is 5.75. The van der Waals surface area contributed by atoms with Crippen molar-refractivity contribution in [3.05, 3.63) is 42.0 Å². The number of anilines is 1. The Morgan fingerprint density at radius 1 is 1.29 bits per heavy atom. The molecule has 0 aromatic heterocycles. The number of hydrogen-bond acceptors (Lipinski definition) is 3. The summed E-state index contributed by atoms with van der Waals surface area (Å²) >= 11 is 0. The second-order valence-corrected chi connectivity index (χ2v) is 5.75. The van der Waals surface area contributed by atoms with Crippen molar-refractivity contribution in [1.82, 2.24) is 10.2 Å². The highest BCUT2D eigenvalue weighted by Gasteiger charge is 2.25. The van der Waals surface area contributed by atoms with Crippen molar-refractivity contribution in [3.8, 4) is 0 Å². The number of likely N-dealkylation sites (N-methyl/N-ethyl adjacent to an activating group) is 1. The number of amides is 1. The summed E-state index contributed by atoms with van der Waals surface area (Å²) < 4.78 is 0. The molecule has 3 N–H and O–H groups in total. The van der Waals surface area contributed by atoms with Crippen molar-refractivity contribution in [2.24, 2.45) is 0 Å². The number of fused-ring (bicyclic) bond motifs is 1. The third-order valence-corrected chi connectivity index (χ3v) is 4.08. The van der Waals surface area contributed by atoms with Crippen LogP contribution in [-0.4, -0.2) is 37.0 Å². The lowest BCUT2D eigenvalue weighted by Gasteiger charge is -2.16. The number of hydrogen-bond donors (Lipinski definition) is 2. The van der Waals surface area contributed by atoms with Crippen LogP contribution in [0.5, 0.6) is 0 Å². The van der Waals surface area contributed by atoms with Crippen molar-refractivity contribution < 1.29 is 4.79 Å². The molecule has 110 valence electrons. The quantitative estimate of drug-likeness (QED) is 0.827. The molecule has 0 heterocycles. The molecule has 2 aromatic carbocycles. The Morgan fingerprint density at radius 2 is 1.95 bits per heavy atom. The standard InChI is InChI=1S/C17H21N3O/c1-20(14-6-7-14)9-8-19-17(21)15-10-12-4-2-3-5-13(12)11-16(15)18/h2-5,10-11,14H,6-9,18H2,1H3,(H,19,21). The summed E-state index contributed by atoms with van der Waals surface area (Å²) in [6, 6.07) is 12.4. The summed E-state index contributed by atoms with van der Waals surface area (Å²) in [5, 5.41) is 5.05. The molecule has 0 radical (unpaired) electrons. The van der Waals surface area contributed by atoms with Crippen molar-refractivity contribution in [2.45, 2.75) is 18.9 Å². The van der Waals surface area contributed by atoms with Crippen LogP contribution in [0.1, 0.15) is 23.2 Å². The molecule has 1 fully saturated rings. The molecule has 2 aromatic rings. The minimum absolute atomic E-state index is 0.0950. The van der Waals surface area contributed by atoms with Gasteiger partial charge < -0.3 is 16.0 Å². The minimum Gasteiger partial charge on any atom is -0.398 e. The SMILES string of the molecule is CN(CCNC(=O)c1cc2ccccc2cc1N)C1CC1. The Labute approximate surface area is 124 Å². The van der Waals surface area contributed by atoms with Gasteiger partial charge in [0.05, 0.1) is 5.56 Å². The van der Waals surface area contributed by atoms with Gasteiger partial charge in [-0.1, -0.05) is 24.3 Å². The largest absolute Gasteiger partial charge is 0.398 e. The molecule has 0 aliphatic heterocycles. The summed E-state index contributed by atoms with van der Waals surface area (Å²) in [7, 11) is 2.11. The van der Waals surface area contributed by atoms with E-state index in [1.54, 1.807) is 0 Å². The Hall–Kier alpha value is -2.07. The molecular formula is C17H21N3O. The number of benzene rings is 2. The van der Waals surface area contributed by atoms with Crippen LogP contribution in [0.2, 0.25) is 0 Å². The fourth-order valence-corrected chi connectivity index (χ4v) is 2.59. The number of carbonyl (C=O) groups is 1. The average Bonchev–Trinajstić information content (AvgIpc) is 3.31. The highest BCUT2D eigenvalue weighted by Crippen LogP contribution is 2.25. The zero-order chi connectivity index (χ0) is 14.8. The van der Waals surface area contributed by atoms with E-state index in [1.807, 2.05) is 36.4 Å². The Kier molecular flexibility index (Phi) is 3.80. The molecule has 4 nitrogen and oxygen atoms in total. The first kappa shape index (κ1) is 13.9. The van der Waals surface area contributed by atoms with Gasteiger partial charge in [-0.2, -0.15) is 0 Å². The number of nitrogens with two attached hydrogens (primary N) is 1. The van der Waals surface area contributed by atoms with Crippen LogP contribution < -0.4 is 11.1 Å². The van der Waals surface area contributed by atoms with Gasteiger partial charge in [0.1, 0.15) is 0 Å². The second kappa shape index (κ2) is 5.74. The maximum absolute atomic E-state index is 12.3. The molecule has 1 aliphatic carbocycles. The topological polar surface area (TPSA) is 58.4 Å². The van der Waals surface area contributed by atoms with Crippen LogP contribution in [0.4, 0.5) is 5.69 Å². The molecule has 0 spiro atoms. The normalized spacial score (nSPS) is 14.6. The van der Waals surface area contributed by atoms with Gasteiger partial charge in [-0.3, -0.25) is 4.79 Å². The van der Waals surface area contributed by atoms with Crippen molar-refractivity contribution in [2.75, 3.05) is 25.9 Å². The Morgan fingerprint density at radius 3 is 2.62 bits per heavy atom. The summed E-state index contributed by atoms with van der Waals surface area (Å²) in [5.74, 6) is -0.0950. The first-order valence-electron chi connectivity index (χ1n) is 7.42. The fraction of sp³-hybridized carbons (Fsp3) is 0.353. The number of rotatable bonds is 5. The van der Waals surface area contributed by atoms with E-state index in [4.69, 9.17) is 5.73 Å². The zero-order valence-corrected chi connectivity index (χ0v) is 12.3. The maximum Gasteiger partial charge on any atom is 0.253 e. The van der Waals surface area contributed by atoms with Crippen LogP contribution in [-0.2, 0) is 0 Å². The molecule has 1 aliphatic rings. The van der Waals surface area contributed by atoms with E-state index in [0.717, 1.165) is 17.3 Å². The molecule has 0 bridgehead atoms. The van der Waals surface area contributed by atoms with Gasteiger partial charge >= 0.3 is 0 Å². The van der Waals surface area contributed by atoms with Crippen molar-refractivity contribution >= 4 is 22.4 Å². The van der Waals surface area contributed by atoms with Gasteiger partial charge in [-0.25, -0.2) is 0 Å². The molecule has 3 rings (SSSR count). The zero-order valence-electron chi connectivity index (χ0n) is 12.3. The lowest BCUT2D eigenvalue weighted by Crippen LogP contribution is -2.34.